The predicted octanol–water partition coefficient (Wildman–Crippen LogP) is 5.57. The first kappa shape index (κ1) is 17.9. The molecule has 5 aromatic rings. The minimum absolute atomic E-state index is 0.102. The Morgan fingerprint density at radius 3 is 2.41 bits per heavy atom. The van der Waals surface area contributed by atoms with E-state index in [1.165, 1.54) is 17.3 Å². The lowest BCUT2D eigenvalue weighted by Gasteiger charge is -2.08. The number of benzene rings is 3. The highest BCUT2D eigenvalue weighted by Crippen LogP contribution is 2.29. The molecule has 0 saturated heterocycles. The lowest BCUT2D eigenvalue weighted by atomic mass is 10.1. The maximum atomic E-state index is 12.7. The van der Waals surface area contributed by atoms with Gasteiger partial charge in [-0.05, 0) is 36.2 Å². The van der Waals surface area contributed by atoms with Gasteiger partial charge in [0.05, 0.1) is 22.3 Å². The van der Waals surface area contributed by atoms with Gasteiger partial charge in [-0.3, -0.25) is 9.20 Å². The van der Waals surface area contributed by atoms with Crippen LogP contribution in [0.2, 0.25) is 0 Å². The zero-order chi connectivity index (χ0) is 19.8. The number of hydrogen-bond donors (Lipinski definition) is 0. The number of aromatic nitrogens is 3. The van der Waals surface area contributed by atoms with Crippen LogP contribution in [0.5, 0.6) is 0 Å². The van der Waals surface area contributed by atoms with Gasteiger partial charge < -0.3 is 0 Å². The number of ketones is 1. The first-order valence-corrected chi connectivity index (χ1v) is 10.6. The zero-order valence-corrected chi connectivity index (χ0v) is 16.8. The van der Waals surface area contributed by atoms with E-state index in [0.717, 1.165) is 44.7 Å². The van der Waals surface area contributed by atoms with Crippen molar-refractivity contribution in [3.05, 3.63) is 83.9 Å². The highest BCUT2D eigenvalue weighted by Gasteiger charge is 2.15. The Kier molecular flexibility index (Phi) is 4.52. The minimum atomic E-state index is 0.102. The van der Waals surface area contributed by atoms with Crippen LogP contribution in [0.15, 0.2) is 78.0 Å². The van der Waals surface area contributed by atoms with E-state index in [1.54, 1.807) is 0 Å². The lowest BCUT2D eigenvalue weighted by Crippen LogP contribution is -2.05. The van der Waals surface area contributed by atoms with E-state index in [0.29, 0.717) is 5.75 Å². The molecule has 2 aromatic heterocycles. The van der Waals surface area contributed by atoms with Gasteiger partial charge in [-0.25, -0.2) is 9.97 Å². The quantitative estimate of drug-likeness (QED) is 0.221. The third kappa shape index (κ3) is 3.17. The Hall–Kier alpha value is -3.18. The fourth-order valence-electron chi connectivity index (χ4n) is 3.55. The number of imidazole rings is 1. The zero-order valence-electron chi connectivity index (χ0n) is 16.0. The summed E-state index contributed by atoms with van der Waals surface area (Å²) < 4.78 is 2.07. The highest BCUT2D eigenvalue weighted by molar-refractivity contribution is 7.99. The lowest BCUT2D eigenvalue weighted by molar-refractivity contribution is 0.102. The molecule has 142 valence electrons. The van der Waals surface area contributed by atoms with E-state index in [1.807, 2.05) is 72.8 Å². The fraction of sp³-hybridized carbons (Fsp3) is 0.125. The van der Waals surface area contributed by atoms with E-state index in [-0.39, 0.29) is 5.78 Å². The number of rotatable bonds is 5. The average molecular weight is 398 g/mol. The summed E-state index contributed by atoms with van der Waals surface area (Å²) in [5.74, 6) is 0.434. The third-order valence-electron chi connectivity index (χ3n) is 5.13. The van der Waals surface area contributed by atoms with Crippen molar-refractivity contribution in [2.45, 2.75) is 18.5 Å². The summed E-state index contributed by atoms with van der Waals surface area (Å²) in [6.45, 7) is 2.11. The van der Waals surface area contributed by atoms with Crippen molar-refractivity contribution in [3.63, 3.8) is 0 Å². The van der Waals surface area contributed by atoms with E-state index >= 15 is 0 Å². The number of aryl methyl sites for hydroxylation is 1. The molecule has 5 heteroatoms. The summed E-state index contributed by atoms with van der Waals surface area (Å²) in [5, 5.41) is 1.79. The molecule has 0 N–H and O–H groups in total. The second-order valence-electron chi connectivity index (χ2n) is 6.93. The molecule has 0 atom stereocenters. The smallest absolute Gasteiger partial charge is 0.175 e. The molecule has 0 unspecified atom stereocenters. The summed E-state index contributed by atoms with van der Waals surface area (Å²) in [6.07, 6.45) is 0.968. The van der Waals surface area contributed by atoms with Crippen molar-refractivity contribution in [2.75, 3.05) is 5.75 Å². The van der Waals surface area contributed by atoms with Gasteiger partial charge in [-0.15, -0.1) is 0 Å². The van der Waals surface area contributed by atoms with Crippen molar-refractivity contribution < 1.29 is 4.79 Å². The van der Waals surface area contributed by atoms with Gasteiger partial charge in [0.15, 0.2) is 10.9 Å². The van der Waals surface area contributed by atoms with E-state index in [4.69, 9.17) is 9.97 Å². The van der Waals surface area contributed by atoms with Gasteiger partial charge in [-0.1, -0.05) is 67.2 Å². The van der Waals surface area contributed by atoms with Crippen LogP contribution in [-0.4, -0.2) is 25.9 Å². The number of para-hydroxylation sites is 3. The molecule has 0 bridgehead atoms. The number of hydrogen-bond acceptors (Lipinski definition) is 4. The molecule has 0 saturated carbocycles. The number of carbonyl (C=O) groups excluding carboxylic acids is 1. The maximum absolute atomic E-state index is 12.7. The number of thioether (sulfide) groups is 1. The van der Waals surface area contributed by atoms with Crippen LogP contribution in [0, 0.1) is 0 Å². The maximum Gasteiger partial charge on any atom is 0.175 e. The van der Waals surface area contributed by atoms with Crippen molar-refractivity contribution in [1.82, 2.24) is 14.4 Å². The van der Waals surface area contributed by atoms with E-state index in [9.17, 15) is 4.79 Å². The Balaban J connectivity index is 1.57. The van der Waals surface area contributed by atoms with Crippen LogP contribution in [0.3, 0.4) is 0 Å². The average Bonchev–Trinajstić information content (AvgIpc) is 3.17. The summed E-state index contributed by atoms with van der Waals surface area (Å²) in [4.78, 5) is 22.4. The minimum Gasteiger partial charge on any atom is -0.293 e. The summed E-state index contributed by atoms with van der Waals surface area (Å²) >= 11 is 1.46. The molecule has 0 aliphatic carbocycles. The normalized spacial score (nSPS) is 11.5. The molecule has 3 aromatic carbocycles. The number of fused-ring (bicyclic) bond motifs is 5. The van der Waals surface area contributed by atoms with Crippen LogP contribution in [0.4, 0.5) is 0 Å². The van der Waals surface area contributed by atoms with Gasteiger partial charge in [0.1, 0.15) is 5.65 Å². The Morgan fingerprint density at radius 2 is 1.62 bits per heavy atom. The molecule has 0 radical (unpaired) electrons. The summed E-state index contributed by atoms with van der Waals surface area (Å²) in [5.41, 5.74) is 5.66. The van der Waals surface area contributed by atoms with Crippen molar-refractivity contribution in [1.29, 1.82) is 0 Å². The monoisotopic (exact) mass is 397 g/mol. The van der Waals surface area contributed by atoms with E-state index in [2.05, 4.69) is 11.3 Å². The molecular formula is C24H19N3OS. The SMILES string of the molecule is CCc1ccc(C(=O)CSc2nc3ccccc3c3nc4ccccc4n23)cc1. The van der Waals surface area contributed by atoms with Crippen molar-refractivity contribution in [2.24, 2.45) is 0 Å². The molecule has 0 aliphatic heterocycles. The molecule has 0 aliphatic rings. The van der Waals surface area contributed by atoms with Gasteiger partial charge in [0.25, 0.3) is 0 Å². The molecule has 0 amide bonds. The molecule has 2 heterocycles. The van der Waals surface area contributed by atoms with Gasteiger partial charge in [0.2, 0.25) is 0 Å². The Morgan fingerprint density at radius 1 is 0.897 bits per heavy atom. The number of nitrogens with zero attached hydrogens (tertiary/aromatic N) is 3. The highest BCUT2D eigenvalue weighted by atomic mass is 32.2. The predicted molar refractivity (Wildman–Crippen MR) is 119 cm³/mol. The van der Waals surface area contributed by atoms with Crippen molar-refractivity contribution >= 4 is 45.1 Å². The molecule has 0 spiro atoms. The topological polar surface area (TPSA) is 47.3 Å². The first-order chi connectivity index (χ1) is 14.2. The Labute approximate surface area is 172 Å². The molecular weight excluding hydrogens is 378 g/mol. The first-order valence-electron chi connectivity index (χ1n) is 9.65. The second-order valence-corrected chi connectivity index (χ2v) is 7.88. The second kappa shape index (κ2) is 7.33. The van der Waals surface area contributed by atoms with Crippen LogP contribution in [0.1, 0.15) is 22.8 Å². The molecule has 29 heavy (non-hydrogen) atoms. The standard InChI is InChI=1S/C24H19N3OS/c1-2-16-11-13-17(14-12-16)22(28)15-29-24-26-19-8-4-3-7-18(19)23-25-20-9-5-6-10-21(20)27(23)24/h3-14H,2,15H2,1H3. The van der Waals surface area contributed by atoms with Crippen LogP contribution < -0.4 is 0 Å². The third-order valence-corrected chi connectivity index (χ3v) is 6.07. The summed E-state index contributed by atoms with van der Waals surface area (Å²) in [6, 6.07) is 23.9. The van der Waals surface area contributed by atoms with Crippen LogP contribution in [-0.2, 0) is 6.42 Å². The Bertz CT molecular complexity index is 1360. The van der Waals surface area contributed by atoms with E-state index < -0.39 is 0 Å². The van der Waals surface area contributed by atoms with Crippen LogP contribution >= 0.6 is 11.8 Å². The molecule has 4 nitrogen and oxygen atoms in total. The fourth-order valence-corrected chi connectivity index (χ4v) is 4.45. The number of Topliss-reactive ketones (excluding diaryl/α,β-unsaturated/α-hetero) is 1. The van der Waals surface area contributed by atoms with Gasteiger partial charge in [0, 0.05) is 10.9 Å². The van der Waals surface area contributed by atoms with Gasteiger partial charge >= 0.3 is 0 Å². The van der Waals surface area contributed by atoms with Crippen molar-refractivity contribution in [3.8, 4) is 0 Å². The van der Waals surface area contributed by atoms with Gasteiger partial charge in [-0.2, -0.15) is 0 Å². The largest absolute Gasteiger partial charge is 0.293 e. The molecule has 0 fully saturated rings. The molecule has 5 rings (SSSR count). The van der Waals surface area contributed by atoms with Crippen LogP contribution in [0.25, 0.3) is 27.6 Å². The summed E-state index contributed by atoms with van der Waals surface area (Å²) in [7, 11) is 0. The number of carbonyl (C=O) groups is 1.